The van der Waals surface area contributed by atoms with Crippen LogP contribution in [0, 0.1) is 5.92 Å². The lowest BCUT2D eigenvalue weighted by Crippen LogP contribution is -2.36. The fraction of sp³-hybridized carbons (Fsp3) is 0.556. The highest BCUT2D eigenvalue weighted by Crippen LogP contribution is 2.14. The van der Waals surface area contributed by atoms with Gasteiger partial charge in [-0.05, 0) is 57.3 Å². The number of nitrogens with zero attached hydrogens (tertiary/aromatic N) is 2. The first-order chi connectivity index (χ1) is 11.7. The van der Waals surface area contributed by atoms with E-state index in [4.69, 9.17) is 0 Å². The maximum absolute atomic E-state index is 12.5. The zero-order valence-electron chi connectivity index (χ0n) is 14.3. The maximum Gasteiger partial charge on any atom is 0.329 e. The van der Waals surface area contributed by atoms with Crippen molar-refractivity contribution < 1.29 is 4.79 Å². The number of benzene rings is 1. The van der Waals surface area contributed by atoms with Gasteiger partial charge in [0.2, 0.25) is 5.91 Å². The lowest BCUT2D eigenvalue weighted by molar-refractivity contribution is -0.121. The number of hydrogen-bond donors (Lipinski definition) is 2. The molecule has 0 bridgehead atoms. The normalized spacial score (nSPS) is 18.0. The number of imidazole rings is 1. The Labute approximate surface area is 141 Å². The van der Waals surface area contributed by atoms with E-state index in [2.05, 4.69) is 10.6 Å². The lowest BCUT2D eigenvalue weighted by Gasteiger charge is -2.22. The number of nitrogens with one attached hydrogen (secondary N) is 2. The minimum atomic E-state index is -0.120. The summed E-state index contributed by atoms with van der Waals surface area (Å²) in [6, 6.07) is 7.62. The van der Waals surface area contributed by atoms with Crippen LogP contribution in [0.3, 0.4) is 0 Å². The van der Waals surface area contributed by atoms with Crippen LogP contribution in [0.4, 0.5) is 0 Å². The fourth-order valence-electron chi connectivity index (χ4n) is 3.52. The molecule has 6 heteroatoms. The van der Waals surface area contributed by atoms with E-state index in [0.717, 1.165) is 30.5 Å². The largest absolute Gasteiger partial charge is 0.355 e. The zero-order valence-corrected chi connectivity index (χ0v) is 14.3. The Balaban J connectivity index is 1.63. The van der Waals surface area contributed by atoms with Gasteiger partial charge in [-0.1, -0.05) is 12.1 Å². The van der Waals surface area contributed by atoms with E-state index in [1.54, 1.807) is 9.13 Å². The van der Waals surface area contributed by atoms with Crippen LogP contribution in [0.25, 0.3) is 11.0 Å². The Morgan fingerprint density at radius 2 is 2.04 bits per heavy atom. The fourth-order valence-corrected chi connectivity index (χ4v) is 3.52. The molecule has 1 unspecified atom stereocenters. The minimum Gasteiger partial charge on any atom is -0.355 e. The molecule has 1 amide bonds. The first-order valence-electron chi connectivity index (χ1n) is 8.86. The molecule has 1 aromatic carbocycles. The predicted molar refractivity (Wildman–Crippen MR) is 95.1 cm³/mol. The molecule has 3 rings (SSSR count). The minimum absolute atomic E-state index is 0.0786. The molecule has 1 aliphatic rings. The number of hydrogen-bond acceptors (Lipinski definition) is 3. The summed E-state index contributed by atoms with van der Waals surface area (Å²) >= 11 is 0. The molecule has 1 fully saturated rings. The molecule has 1 aliphatic heterocycles. The molecule has 0 aliphatic carbocycles. The van der Waals surface area contributed by atoms with E-state index < -0.39 is 0 Å². The van der Waals surface area contributed by atoms with Crippen molar-refractivity contribution >= 4 is 16.9 Å². The maximum atomic E-state index is 12.5. The van der Waals surface area contributed by atoms with Gasteiger partial charge in [-0.25, -0.2) is 4.79 Å². The quantitative estimate of drug-likeness (QED) is 0.840. The number of fused-ring (bicyclic) bond motifs is 1. The van der Waals surface area contributed by atoms with Crippen LogP contribution in [0.2, 0.25) is 0 Å². The molecule has 130 valence electrons. The third kappa shape index (κ3) is 3.53. The average molecular weight is 330 g/mol. The third-order valence-corrected chi connectivity index (χ3v) is 4.82. The van der Waals surface area contributed by atoms with E-state index in [1.807, 2.05) is 31.2 Å². The van der Waals surface area contributed by atoms with Crippen LogP contribution < -0.4 is 16.3 Å². The van der Waals surface area contributed by atoms with Gasteiger partial charge in [0.15, 0.2) is 0 Å². The van der Waals surface area contributed by atoms with E-state index in [-0.39, 0.29) is 18.1 Å². The van der Waals surface area contributed by atoms with Gasteiger partial charge in [0, 0.05) is 13.1 Å². The van der Waals surface area contributed by atoms with Gasteiger partial charge in [-0.15, -0.1) is 0 Å². The molecule has 6 nitrogen and oxygen atoms in total. The van der Waals surface area contributed by atoms with Crippen molar-refractivity contribution in [1.29, 1.82) is 0 Å². The smallest absolute Gasteiger partial charge is 0.329 e. The molecule has 1 saturated heterocycles. The molecule has 0 radical (unpaired) electrons. The number of amides is 1. The SMILES string of the molecule is CCn1c(=O)n(CC(=O)NCCC2CCCNC2)c2ccccc21. The van der Waals surface area contributed by atoms with Crippen LogP contribution in [-0.4, -0.2) is 34.7 Å². The molecule has 2 aromatic rings. The number of carbonyl (C=O) groups excluding carboxylic acids is 1. The second-order valence-corrected chi connectivity index (χ2v) is 6.45. The lowest BCUT2D eigenvalue weighted by atomic mass is 9.96. The number of rotatable bonds is 6. The Morgan fingerprint density at radius 3 is 2.71 bits per heavy atom. The van der Waals surface area contributed by atoms with E-state index >= 15 is 0 Å². The molecule has 0 spiro atoms. The number of piperidine rings is 1. The van der Waals surface area contributed by atoms with Crippen LogP contribution in [0.5, 0.6) is 0 Å². The summed E-state index contributed by atoms with van der Waals surface area (Å²) in [6.45, 7) is 5.44. The highest BCUT2D eigenvalue weighted by molar-refractivity contribution is 5.80. The third-order valence-electron chi connectivity index (χ3n) is 4.82. The van der Waals surface area contributed by atoms with E-state index in [0.29, 0.717) is 19.0 Å². The number of aromatic nitrogens is 2. The second kappa shape index (κ2) is 7.66. The van der Waals surface area contributed by atoms with Crippen molar-refractivity contribution in [3.8, 4) is 0 Å². The van der Waals surface area contributed by atoms with Crippen molar-refractivity contribution in [1.82, 2.24) is 19.8 Å². The van der Waals surface area contributed by atoms with Crippen LogP contribution in [0.15, 0.2) is 29.1 Å². The van der Waals surface area contributed by atoms with Gasteiger partial charge in [0.05, 0.1) is 11.0 Å². The standard InChI is InChI=1S/C18H26N4O2/c1-2-21-15-7-3-4-8-16(15)22(18(21)24)13-17(23)20-11-9-14-6-5-10-19-12-14/h3-4,7-8,14,19H,2,5-6,9-13H2,1H3,(H,20,23). The molecule has 2 heterocycles. The number of aryl methyl sites for hydroxylation is 1. The summed E-state index contributed by atoms with van der Waals surface area (Å²) in [5.74, 6) is 0.545. The van der Waals surface area contributed by atoms with Gasteiger partial charge >= 0.3 is 5.69 Å². The van der Waals surface area contributed by atoms with E-state index in [9.17, 15) is 9.59 Å². The first kappa shape index (κ1) is 16.8. The van der Waals surface area contributed by atoms with Crippen molar-refractivity contribution in [2.24, 2.45) is 5.92 Å². The molecule has 0 saturated carbocycles. The van der Waals surface area contributed by atoms with E-state index in [1.165, 1.54) is 12.8 Å². The Hall–Kier alpha value is -2.08. The Kier molecular flexibility index (Phi) is 5.35. The number of para-hydroxylation sites is 2. The van der Waals surface area contributed by atoms with Gasteiger partial charge in [-0.2, -0.15) is 0 Å². The molecule has 2 N–H and O–H groups in total. The van der Waals surface area contributed by atoms with Crippen LogP contribution in [0.1, 0.15) is 26.2 Å². The monoisotopic (exact) mass is 330 g/mol. The summed E-state index contributed by atoms with van der Waals surface area (Å²) < 4.78 is 3.27. The Morgan fingerprint density at radius 1 is 1.29 bits per heavy atom. The topological polar surface area (TPSA) is 68.1 Å². The van der Waals surface area contributed by atoms with Crippen molar-refractivity contribution in [2.45, 2.75) is 39.3 Å². The van der Waals surface area contributed by atoms with Crippen LogP contribution in [-0.2, 0) is 17.9 Å². The molecular formula is C18H26N4O2. The summed E-state index contributed by atoms with van der Waals surface area (Å²) in [6.07, 6.45) is 3.43. The van der Waals surface area contributed by atoms with Crippen molar-refractivity contribution in [2.75, 3.05) is 19.6 Å². The van der Waals surface area contributed by atoms with Gasteiger partial charge < -0.3 is 10.6 Å². The van der Waals surface area contributed by atoms with Gasteiger partial charge in [0.1, 0.15) is 6.54 Å². The summed E-state index contributed by atoms with van der Waals surface area (Å²) in [5.41, 5.74) is 1.58. The highest BCUT2D eigenvalue weighted by atomic mass is 16.2. The zero-order chi connectivity index (χ0) is 16.9. The van der Waals surface area contributed by atoms with Gasteiger partial charge in [-0.3, -0.25) is 13.9 Å². The van der Waals surface area contributed by atoms with Crippen molar-refractivity contribution in [3.63, 3.8) is 0 Å². The van der Waals surface area contributed by atoms with Gasteiger partial charge in [0.25, 0.3) is 0 Å². The summed E-state index contributed by atoms with van der Waals surface area (Å²) in [4.78, 5) is 24.8. The average Bonchev–Trinajstić information content (AvgIpc) is 2.87. The Bertz CT molecular complexity index is 756. The highest BCUT2D eigenvalue weighted by Gasteiger charge is 2.15. The number of carbonyl (C=O) groups is 1. The first-order valence-corrected chi connectivity index (χ1v) is 8.86. The molecular weight excluding hydrogens is 304 g/mol. The molecule has 1 atom stereocenters. The summed E-state index contributed by atoms with van der Waals surface area (Å²) in [5, 5.41) is 6.35. The second-order valence-electron chi connectivity index (χ2n) is 6.45. The predicted octanol–water partition coefficient (Wildman–Crippen LogP) is 1.33. The van der Waals surface area contributed by atoms with Crippen molar-refractivity contribution in [3.05, 3.63) is 34.7 Å². The van der Waals surface area contributed by atoms with Crippen LogP contribution >= 0.6 is 0 Å². The summed E-state index contributed by atoms with van der Waals surface area (Å²) in [7, 11) is 0. The molecule has 1 aromatic heterocycles. The molecule has 24 heavy (non-hydrogen) atoms.